The molecule has 1 aromatic carbocycles. The minimum absolute atomic E-state index is 0.0923. The maximum atomic E-state index is 12.7. The number of furan rings is 1. The van der Waals surface area contributed by atoms with E-state index >= 15 is 0 Å². The number of amides is 2. The Labute approximate surface area is 184 Å². The minimum Gasteiger partial charge on any atom is -0.467 e. The summed E-state index contributed by atoms with van der Waals surface area (Å²) in [5.41, 5.74) is 1.40. The molecule has 2 fully saturated rings. The third kappa shape index (κ3) is 4.36. The molecule has 3 heterocycles. The lowest BCUT2D eigenvalue weighted by Gasteiger charge is -2.19. The highest BCUT2D eigenvalue weighted by molar-refractivity contribution is 7.99. The number of hydrogen-bond donors (Lipinski definition) is 1. The molecule has 1 saturated carbocycles. The Morgan fingerprint density at radius 2 is 2.06 bits per heavy atom. The Hall–Kier alpha value is -3.07. The molecule has 1 saturated heterocycles. The van der Waals surface area contributed by atoms with E-state index in [2.05, 4.69) is 15.5 Å². The van der Waals surface area contributed by atoms with Crippen LogP contribution in [0.5, 0.6) is 0 Å². The topological polar surface area (TPSA) is 93.3 Å². The summed E-state index contributed by atoms with van der Waals surface area (Å²) >= 11 is 1.36. The molecule has 0 radical (unpaired) electrons. The zero-order valence-corrected chi connectivity index (χ0v) is 17.8. The van der Waals surface area contributed by atoms with Crippen molar-refractivity contribution in [2.75, 3.05) is 22.5 Å². The van der Waals surface area contributed by atoms with Crippen molar-refractivity contribution in [3.05, 3.63) is 54.2 Å². The van der Waals surface area contributed by atoms with E-state index in [0.29, 0.717) is 36.3 Å². The molecule has 31 heavy (non-hydrogen) atoms. The van der Waals surface area contributed by atoms with E-state index in [4.69, 9.17) is 4.42 Å². The standard InChI is InChI=1S/C22H23N5O3S/c28-19(23-17-6-1-2-7-18(17)26-11-3-8-20(26)29)14-31-22-25-24-21(15-9-10-15)27(22)13-16-5-4-12-30-16/h1-2,4-7,12,15H,3,8-11,13-14H2,(H,23,28). The Morgan fingerprint density at radius 3 is 2.81 bits per heavy atom. The Balaban J connectivity index is 1.27. The number of aromatic nitrogens is 3. The first kappa shape index (κ1) is 19.9. The second kappa shape index (κ2) is 8.58. The number of anilines is 2. The van der Waals surface area contributed by atoms with Gasteiger partial charge in [0.2, 0.25) is 11.8 Å². The second-order valence-electron chi connectivity index (χ2n) is 7.78. The number of thioether (sulfide) groups is 1. The maximum Gasteiger partial charge on any atom is 0.234 e. The van der Waals surface area contributed by atoms with Crippen molar-refractivity contribution in [3.8, 4) is 0 Å². The molecule has 1 N–H and O–H groups in total. The maximum absolute atomic E-state index is 12.7. The summed E-state index contributed by atoms with van der Waals surface area (Å²) in [7, 11) is 0. The summed E-state index contributed by atoms with van der Waals surface area (Å²) in [6.07, 6.45) is 5.28. The number of carbonyl (C=O) groups excluding carboxylic acids is 2. The van der Waals surface area contributed by atoms with E-state index in [-0.39, 0.29) is 17.6 Å². The van der Waals surface area contributed by atoms with Gasteiger partial charge in [-0.05, 0) is 43.5 Å². The Bertz CT molecular complexity index is 1090. The van der Waals surface area contributed by atoms with Crippen LogP contribution < -0.4 is 10.2 Å². The van der Waals surface area contributed by atoms with Crippen LogP contribution in [0.25, 0.3) is 0 Å². The minimum atomic E-state index is -0.149. The summed E-state index contributed by atoms with van der Waals surface area (Å²) < 4.78 is 7.54. The third-order valence-electron chi connectivity index (χ3n) is 5.46. The molecular formula is C22H23N5O3S. The second-order valence-corrected chi connectivity index (χ2v) is 8.73. The van der Waals surface area contributed by atoms with Crippen molar-refractivity contribution in [1.29, 1.82) is 0 Å². The zero-order chi connectivity index (χ0) is 21.2. The molecule has 2 aliphatic rings. The van der Waals surface area contributed by atoms with E-state index in [1.807, 2.05) is 41.0 Å². The number of hydrogen-bond acceptors (Lipinski definition) is 6. The molecule has 0 spiro atoms. The van der Waals surface area contributed by atoms with Crippen molar-refractivity contribution < 1.29 is 14.0 Å². The van der Waals surface area contributed by atoms with Gasteiger partial charge in [0.1, 0.15) is 11.6 Å². The van der Waals surface area contributed by atoms with Gasteiger partial charge in [0.25, 0.3) is 0 Å². The van der Waals surface area contributed by atoms with Gasteiger partial charge in [0, 0.05) is 18.9 Å². The number of para-hydroxylation sites is 2. The molecule has 0 unspecified atom stereocenters. The van der Waals surface area contributed by atoms with Gasteiger partial charge in [-0.25, -0.2) is 0 Å². The van der Waals surface area contributed by atoms with Crippen molar-refractivity contribution in [1.82, 2.24) is 14.8 Å². The van der Waals surface area contributed by atoms with Crippen molar-refractivity contribution >= 4 is 35.0 Å². The Morgan fingerprint density at radius 1 is 1.19 bits per heavy atom. The van der Waals surface area contributed by atoms with Gasteiger partial charge in [-0.3, -0.25) is 14.2 Å². The molecule has 8 nitrogen and oxygen atoms in total. The normalized spacial score (nSPS) is 16.1. The van der Waals surface area contributed by atoms with Crippen LogP contribution in [0.4, 0.5) is 11.4 Å². The molecule has 2 aromatic heterocycles. The first-order valence-electron chi connectivity index (χ1n) is 10.5. The lowest BCUT2D eigenvalue weighted by atomic mass is 10.2. The van der Waals surface area contributed by atoms with Crippen LogP contribution in [0.1, 0.15) is 43.2 Å². The van der Waals surface area contributed by atoms with Gasteiger partial charge in [0.05, 0.1) is 29.9 Å². The van der Waals surface area contributed by atoms with E-state index in [1.54, 1.807) is 11.2 Å². The summed E-state index contributed by atoms with van der Waals surface area (Å²) in [5.74, 6) is 2.37. The molecule has 0 bridgehead atoms. The predicted octanol–water partition coefficient (Wildman–Crippen LogP) is 3.65. The highest BCUT2D eigenvalue weighted by Crippen LogP contribution is 2.40. The molecule has 2 amide bonds. The van der Waals surface area contributed by atoms with Crippen LogP contribution in [0.15, 0.2) is 52.2 Å². The SMILES string of the molecule is O=C(CSc1nnc(C2CC2)n1Cc1ccco1)Nc1ccccc1N1CCCC1=O. The molecule has 5 rings (SSSR count). The smallest absolute Gasteiger partial charge is 0.234 e. The molecule has 160 valence electrons. The van der Waals surface area contributed by atoms with Gasteiger partial charge in [-0.2, -0.15) is 0 Å². The number of benzene rings is 1. The van der Waals surface area contributed by atoms with Crippen molar-refractivity contribution in [2.45, 2.75) is 43.3 Å². The molecule has 3 aromatic rings. The average molecular weight is 438 g/mol. The van der Waals surface area contributed by atoms with E-state index < -0.39 is 0 Å². The number of rotatable bonds is 8. The fourth-order valence-corrected chi connectivity index (χ4v) is 4.54. The van der Waals surface area contributed by atoms with Gasteiger partial charge in [-0.15, -0.1) is 10.2 Å². The van der Waals surface area contributed by atoms with Crippen LogP contribution in [-0.4, -0.2) is 38.9 Å². The molecular weight excluding hydrogens is 414 g/mol. The Kier molecular flexibility index (Phi) is 5.50. The highest BCUT2D eigenvalue weighted by atomic mass is 32.2. The van der Waals surface area contributed by atoms with Crippen LogP contribution in [0.2, 0.25) is 0 Å². The lowest BCUT2D eigenvalue weighted by molar-refractivity contribution is -0.117. The first-order valence-corrected chi connectivity index (χ1v) is 11.4. The highest BCUT2D eigenvalue weighted by Gasteiger charge is 2.31. The molecule has 1 aliphatic carbocycles. The van der Waals surface area contributed by atoms with Crippen LogP contribution in [0.3, 0.4) is 0 Å². The average Bonchev–Trinajstić information content (AvgIpc) is 3.13. The van der Waals surface area contributed by atoms with E-state index in [1.165, 1.54) is 11.8 Å². The van der Waals surface area contributed by atoms with Crippen LogP contribution in [-0.2, 0) is 16.1 Å². The quantitative estimate of drug-likeness (QED) is 0.541. The van der Waals surface area contributed by atoms with E-state index in [9.17, 15) is 9.59 Å². The summed E-state index contributed by atoms with van der Waals surface area (Å²) in [4.78, 5) is 26.6. The van der Waals surface area contributed by atoms with E-state index in [0.717, 1.165) is 36.5 Å². The lowest BCUT2D eigenvalue weighted by Crippen LogP contribution is -2.26. The fraction of sp³-hybridized carbons (Fsp3) is 0.364. The molecule has 1 aliphatic heterocycles. The van der Waals surface area contributed by atoms with Crippen LogP contribution in [0, 0.1) is 0 Å². The van der Waals surface area contributed by atoms with Gasteiger partial charge < -0.3 is 14.6 Å². The van der Waals surface area contributed by atoms with Crippen molar-refractivity contribution in [2.24, 2.45) is 0 Å². The summed E-state index contributed by atoms with van der Waals surface area (Å²) in [6, 6.07) is 11.2. The number of carbonyl (C=O) groups is 2. The van der Waals surface area contributed by atoms with Gasteiger partial charge >= 0.3 is 0 Å². The van der Waals surface area contributed by atoms with Crippen molar-refractivity contribution in [3.63, 3.8) is 0 Å². The first-order chi connectivity index (χ1) is 15.2. The third-order valence-corrected chi connectivity index (χ3v) is 6.42. The number of nitrogens with one attached hydrogen (secondary N) is 1. The monoisotopic (exact) mass is 437 g/mol. The summed E-state index contributed by atoms with van der Waals surface area (Å²) in [6.45, 7) is 1.23. The fourth-order valence-electron chi connectivity index (χ4n) is 3.79. The number of nitrogens with zero attached hydrogens (tertiary/aromatic N) is 4. The van der Waals surface area contributed by atoms with Gasteiger partial charge in [-0.1, -0.05) is 23.9 Å². The largest absolute Gasteiger partial charge is 0.467 e. The van der Waals surface area contributed by atoms with Gasteiger partial charge in [0.15, 0.2) is 5.16 Å². The molecule has 9 heteroatoms. The zero-order valence-electron chi connectivity index (χ0n) is 17.0. The molecule has 0 atom stereocenters. The predicted molar refractivity (Wildman–Crippen MR) is 117 cm³/mol. The van der Waals surface area contributed by atoms with Crippen LogP contribution >= 0.6 is 11.8 Å². The summed E-state index contributed by atoms with van der Waals surface area (Å²) in [5, 5.41) is 12.4.